The maximum atomic E-state index is 12.5. The van der Waals surface area contributed by atoms with E-state index in [4.69, 9.17) is 9.68 Å². The van der Waals surface area contributed by atoms with Crippen LogP contribution in [0.5, 0.6) is 0 Å². The first kappa shape index (κ1) is 17.7. The van der Waals surface area contributed by atoms with Crippen LogP contribution < -0.4 is 5.32 Å². The number of para-hydroxylation sites is 1. The van der Waals surface area contributed by atoms with Crippen molar-refractivity contribution < 1.29 is 9.21 Å². The van der Waals surface area contributed by atoms with Gasteiger partial charge in [0.15, 0.2) is 21.7 Å². The highest BCUT2D eigenvalue weighted by Gasteiger charge is 2.17. The molecule has 4 rings (SSSR count). The number of benzene rings is 1. The molecule has 9 heteroatoms. The van der Waals surface area contributed by atoms with E-state index in [0.717, 1.165) is 25.1 Å². The Balaban J connectivity index is 1.51. The van der Waals surface area contributed by atoms with E-state index in [2.05, 4.69) is 21.4 Å². The fourth-order valence-electron chi connectivity index (χ4n) is 2.38. The molecule has 1 aromatic carbocycles. The Morgan fingerprint density at radius 1 is 1.26 bits per heavy atom. The van der Waals surface area contributed by atoms with Crippen molar-refractivity contribution in [2.24, 2.45) is 0 Å². The quantitative estimate of drug-likeness (QED) is 0.454. The molecule has 6 nitrogen and oxygen atoms in total. The maximum absolute atomic E-state index is 12.5. The number of aryl methyl sites for hydroxylation is 1. The van der Waals surface area contributed by atoms with Gasteiger partial charge in [0, 0.05) is 0 Å². The molecule has 3 aromatic heterocycles. The van der Waals surface area contributed by atoms with Crippen molar-refractivity contribution in [3.05, 3.63) is 47.9 Å². The summed E-state index contributed by atoms with van der Waals surface area (Å²) in [6.45, 7) is 1.85. The van der Waals surface area contributed by atoms with Crippen LogP contribution in [-0.2, 0) is 0 Å². The van der Waals surface area contributed by atoms with Crippen molar-refractivity contribution in [3.63, 3.8) is 0 Å². The molecule has 0 saturated heterocycles. The zero-order valence-electron chi connectivity index (χ0n) is 14.1. The van der Waals surface area contributed by atoms with E-state index in [1.807, 2.05) is 31.2 Å². The van der Waals surface area contributed by atoms with Crippen molar-refractivity contribution in [2.45, 2.75) is 11.1 Å². The number of fused-ring (bicyclic) bond motifs is 1. The van der Waals surface area contributed by atoms with Gasteiger partial charge < -0.3 is 4.42 Å². The number of carbonyl (C=O) groups excluding carboxylic acids is 1. The third-order valence-corrected chi connectivity index (χ3v) is 6.93. The number of nitrogens with one attached hydrogen (secondary N) is 1. The number of hydrogen-bond donors (Lipinski definition) is 1. The summed E-state index contributed by atoms with van der Waals surface area (Å²) < 4.78 is 7.68. The van der Waals surface area contributed by atoms with E-state index in [0.29, 0.717) is 16.6 Å². The summed E-state index contributed by atoms with van der Waals surface area (Å²) in [4.78, 5) is 21.3. The first-order valence-electron chi connectivity index (χ1n) is 7.88. The summed E-state index contributed by atoms with van der Waals surface area (Å²) in [6, 6.07) is 13.3. The second kappa shape index (κ2) is 7.52. The minimum Gasteiger partial charge on any atom is -0.448 e. The van der Waals surface area contributed by atoms with Gasteiger partial charge in [-0.1, -0.05) is 35.2 Å². The second-order valence-corrected chi connectivity index (χ2v) is 8.72. The van der Waals surface area contributed by atoms with E-state index in [1.54, 1.807) is 12.1 Å². The van der Waals surface area contributed by atoms with Gasteiger partial charge in [-0.15, -0.1) is 11.3 Å². The molecule has 0 spiro atoms. The Kier molecular flexibility index (Phi) is 4.94. The smallest absolute Gasteiger partial charge is 0.293 e. The first-order valence-corrected chi connectivity index (χ1v) is 10.5. The summed E-state index contributed by atoms with van der Waals surface area (Å²) in [5, 5.41) is 12.7. The number of thioether (sulfide) groups is 1. The Morgan fingerprint density at radius 2 is 2.11 bits per heavy atom. The molecule has 0 unspecified atom stereocenters. The minimum atomic E-state index is -0.368. The van der Waals surface area contributed by atoms with Crippen molar-refractivity contribution in [1.29, 1.82) is 5.26 Å². The summed E-state index contributed by atoms with van der Waals surface area (Å²) in [5.41, 5.74) is 1.70. The average molecular weight is 413 g/mol. The van der Waals surface area contributed by atoms with Crippen molar-refractivity contribution in [3.8, 4) is 16.8 Å². The summed E-state index contributed by atoms with van der Waals surface area (Å²) in [6.07, 6.45) is 0. The number of anilines is 1. The molecule has 134 valence electrons. The number of aromatic nitrogens is 2. The van der Waals surface area contributed by atoms with Gasteiger partial charge in [-0.25, -0.2) is 9.97 Å². The third kappa shape index (κ3) is 3.73. The molecule has 0 aliphatic heterocycles. The van der Waals surface area contributed by atoms with Crippen LogP contribution in [0, 0.1) is 18.3 Å². The largest absolute Gasteiger partial charge is 0.448 e. The van der Waals surface area contributed by atoms with Gasteiger partial charge in [-0.05, 0) is 31.2 Å². The number of nitriles is 1. The van der Waals surface area contributed by atoms with Crippen LogP contribution in [0.15, 0.2) is 45.0 Å². The lowest BCUT2D eigenvalue weighted by Gasteiger charge is -1.97. The van der Waals surface area contributed by atoms with E-state index in [9.17, 15) is 4.79 Å². The molecule has 0 bridgehead atoms. The predicted molar refractivity (Wildman–Crippen MR) is 108 cm³/mol. The topological polar surface area (TPSA) is 91.8 Å². The summed E-state index contributed by atoms with van der Waals surface area (Å²) >= 11 is 4.27. The van der Waals surface area contributed by atoms with E-state index < -0.39 is 0 Å². The van der Waals surface area contributed by atoms with Crippen molar-refractivity contribution >= 4 is 55.7 Å². The van der Waals surface area contributed by atoms with Gasteiger partial charge in [0.1, 0.15) is 0 Å². The molecule has 27 heavy (non-hydrogen) atoms. The highest BCUT2D eigenvalue weighted by atomic mass is 32.2. The lowest BCUT2D eigenvalue weighted by atomic mass is 10.3. The molecule has 3 heterocycles. The fraction of sp³-hybridized carbons (Fsp3) is 0.111. The Hall–Kier alpha value is -2.67. The molecular formula is C18H12N4O2S3. The third-order valence-electron chi connectivity index (χ3n) is 3.58. The van der Waals surface area contributed by atoms with Crippen LogP contribution in [-0.4, -0.2) is 21.6 Å². The number of rotatable bonds is 5. The molecule has 4 aromatic rings. The molecule has 1 N–H and O–H groups in total. The van der Waals surface area contributed by atoms with Gasteiger partial charge in [-0.3, -0.25) is 10.1 Å². The monoisotopic (exact) mass is 412 g/mol. The van der Waals surface area contributed by atoms with Crippen LogP contribution in [0.4, 0.5) is 5.13 Å². The van der Waals surface area contributed by atoms with Gasteiger partial charge >= 0.3 is 0 Å². The standard InChI is InChI=1S/C18H12N4O2S3/c1-10-17(25-9-8-19)27-18(20-10)22-15(23)12-6-7-13(24-12)16-21-11-4-2-3-5-14(11)26-16/h2-7H,9H2,1H3,(H,20,22,23). The van der Waals surface area contributed by atoms with Gasteiger partial charge in [0.2, 0.25) is 0 Å². The van der Waals surface area contributed by atoms with E-state index in [1.165, 1.54) is 34.4 Å². The SMILES string of the molecule is Cc1nc(NC(=O)c2ccc(-c3nc4ccccc4s3)o2)sc1SCC#N. The number of hydrogen-bond acceptors (Lipinski definition) is 8. The Labute approximate surface area is 166 Å². The minimum absolute atomic E-state index is 0.198. The average Bonchev–Trinajstić information content (AvgIpc) is 3.37. The molecule has 1 amide bonds. The van der Waals surface area contributed by atoms with Gasteiger partial charge in [-0.2, -0.15) is 5.26 Å². The molecular weight excluding hydrogens is 400 g/mol. The van der Waals surface area contributed by atoms with E-state index >= 15 is 0 Å². The van der Waals surface area contributed by atoms with Crippen LogP contribution >= 0.6 is 34.4 Å². The Bertz CT molecular complexity index is 1140. The number of carbonyl (C=O) groups is 1. The number of amides is 1. The number of thiazole rings is 2. The molecule has 0 saturated carbocycles. The van der Waals surface area contributed by atoms with Crippen LogP contribution in [0.25, 0.3) is 21.0 Å². The van der Waals surface area contributed by atoms with Crippen LogP contribution in [0.2, 0.25) is 0 Å². The lowest BCUT2D eigenvalue weighted by Crippen LogP contribution is -2.10. The van der Waals surface area contributed by atoms with Crippen LogP contribution in [0.3, 0.4) is 0 Å². The molecule has 0 atom stereocenters. The fourth-order valence-corrected chi connectivity index (χ4v) is 5.10. The number of nitrogens with zero attached hydrogens (tertiary/aromatic N) is 3. The molecule has 0 aliphatic rings. The van der Waals surface area contributed by atoms with Gasteiger partial charge in [0.05, 0.1) is 31.9 Å². The van der Waals surface area contributed by atoms with Crippen molar-refractivity contribution in [1.82, 2.24) is 9.97 Å². The normalized spacial score (nSPS) is 10.8. The maximum Gasteiger partial charge on any atom is 0.293 e. The Morgan fingerprint density at radius 3 is 2.93 bits per heavy atom. The molecule has 0 fully saturated rings. The first-order chi connectivity index (χ1) is 13.1. The second-order valence-electron chi connectivity index (χ2n) is 5.44. The predicted octanol–water partition coefficient (Wildman–Crippen LogP) is 5.19. The highest BCUT2D eigenvalue weighted by Crippen LogP contribution is 2.33. The van der Waals surface area contributed by atoms with Crippen molar-refractivity contribution in [2.75, 3.05) is 11.1 Å². The zero-order valence-corrected chi connectivity index (χ0v) is 16.5. The molecule has 0 radical (unpaired) electrons. The lowest BCUT2D eigenvalue weighted by molar-refractivity contribution is 0.0997. The summed E-state index contributed by atoms with van der Waals surface area (Å²) in [7, 11) is 0. The zero-order chi connectivity index (χ0) is 18.8. The highest BCUT2D eigenvalue weighted by molar-refractivity contribution is 8.01. The van der Waals surface area contributed by atoms with Gasteiger partial charge in [0.25, 0.3) is 5.91 Å². The molecule has 0 aliphatic carbocycles. The number of furan rings is 1. The summed E-state index contributed by atoms with van der Waals surface area (Å²) in [5.74, 6) is 0.735. The van der Waals surface area contributed by atoms with E-state index in [-0.39, 0.29) is 11.7 Å². The van der Waals surface area contributed by atoms with Crippen LogP contribution in [0.1, 0.15) is 16.2 Å².